The SMILES string of the molecule is C[C@@H](COCC1CO1)OC(N)=O. The Morgan fingerprint density at radius 3 is 3.00 bits per heavy atom. The van der Waals surface area contributed by atoms with E-state index in [0.29, 0.717) is 13.2 Å². The molecule has 1 unspecified atom stereocenters. The molecule has 1 aliphatic heterocycles. The van der Waals surface area contributed by atoms with Crippen LogP contribution in [0.25, 0.3) is 0 Å². The smallest absolute Gasteiger partial charge is 0.404 e. The Morgan fingerprint density at radius 1 is 1.83 bits per heavy atom. The van der Waals surface area contributed by atoms with Gasteiger partial charge in [0.2, 0.25) is 0 Å². The Balaban J connectivity index is 1.93. The summed E-state index contributed by atoms with van der Waals surface area (Å²) in [5.41, 5.74) is 4.80. The summed E-state index contributed by atoms with van der Waals surface area (Å²) in [6.07, 6.45) is -0.819. The number of epoxide rings is 1. The minimum absolute atomic E-state index is 0.241. The number of carbonyl (C=O) groups is 1. The average molecular weight is 175 g/mol. The molecule has 5 nitrogen and oxygen atoms in total. The van der Waals surface area contributed by atoms with Gasteiger partial charge in [-0.3, -0.25) is 0 Å². The van der Waals surface area contributed by atoms with Gasteiger partial charge in [0.1, 0.15) is 12.2 Å². The molecule has 2 N–H and O–H groups in total. The lowest BCUT2D eigenvalue weighted by Crippen LogP contribution is -2.24. The number of primary amides is 1. The van der Waals surface area contributed by atoms with Crippen LogP contribution in [0.2, 0.25) is 0 Å². The highest BCUT2D eigenvalue weighted by molar-refractivity contribution is 5.64. The molecule has 1 amide bonds. The molecule has 12 heavy (non-hydrogen) atoms. The van der Waals surface area contributed by atoms with Crippen molar-refractivity contribution in [2.45, 2.75) is 19.1 Å². The Hall–Kier alpha value is -0.810. The summed E-state index contributed by atoms with van der Waals surface area (Å²) in [7, 11) is 0. The van der Waals surface area contributed by atoms with Crippen molar-refractivity contribution in [3.63, 3.8) is 0 Å². The van der Waals surface area contributed by atoms with E-state index in [2.05, 4.69) is 4.74 Å². The number of rotatable bonds is 5. The van der Waals surface area contributed by atoms with Crippen molar-refractivity contribution in [3.05, 3.63) is 0 Å². The monoisotopic (exact) mass is 175 g/mol. The van der Waals surface area contributed by atoms with Gasteiger partial charge in [-0.15, -0.1) is 0 Å². The molecule has 1 fully saturated rings. The fourth-order valence-corrected chi connectivity index (χ4v) is 0.762. The third kappa shape index (κ3) is 4.15. The first kappa shape index (κ1) is 9.28. The zero-order valence-corrected chi connectivity index (χ0v) is 6.99. The molecule has 0 aromatic carbocycles. The number of nitrogens with two attached hydrogens (primary N) is 1. The van der Waals surface area contributed by atoms with Crippen molar-refractivity contribution >= 4 is 6.09 Å². The van der Waals surface area contributed by atoms with Crippen LogP contribution in [0.3, 0.4) is 0 Å². The second-order valence-corrected chi connectivity index (χ2v) is 2.74. The van der Waals surface area contributed by atoms with Gasteiger partial charge < -0.3 is 19.9 Å². The predicted molar refractivity (Wildman–Crippen MR) is 40.7 cm³/mol. The van der Waals surface area contributed by atoms with E-state index in [1.54, 1.807) is 6.92 Å². The van der Waals surface area contributed by atoms with Gasteiger partial charge in [0.25, 0.3) is 0 Å². The minimum Gasteiger partial charge on any atom is -0.444 e. The zero-order valence-electron chi connectivity index (χ0n) is 6.99. The zero-order chi connectivity index (χ0) is 8.97. The first-order valence-corrected chi connectivity index (χ1v) is 3.84. The Kier molecular flexibility index (Phi) is 3.31. The number of ether oxygens (including phenoxy) is 3. The lowest BCUT2D eigenvalue weighted by Gasteiger charge is -2.10. The van der Waals surface area contributed by atoms with Gasteiger partial charge in [-0.2, -0.15) is 0 Å². The molecular formula is C7H13NO4. The predicted octanol–water partition coefficient (Wildman–Crippen LogP) is -0.114. The lowest BCUT2D eigenvalue weighted by atomic mass is 10.4. The van der Waals surface area contributed by atoms with E-state index in [0.717, 1.165) is 6.61 Å². The van der Waals surface area contributed by atoms with E-state index >= 15 is 0 Å². The summed E-state index contributed by atoms with van der Waals surface area (Å²) in [5, 5.41) is 0. The maximum Gasteiger partial charge on any atom is 0.404 e. The lowest BCUT2D eigenvalue weighted by molar-refractivity contribution is 0.0269. The summed E-state index contributed by atoms with van der Waals surface area (Å²) in [5.74, 6) is 0. The van der Waals surface area contributed by atoms with Crippen molar-refractivity contribution in [2.75, 3.05) is 19.8 Å². The normalized spacial score (nSPS) is 23.2. The summed E-state index contributed by atoms with van der Waals surface area (Å²) in [4.78, 5) is 10.2. The highest BCUT2D eigenvalue weighted by Gasteiger charge is 2.22. The molecule has 0 radical (unpaired) electrons. The Morgan fingerprint density at radius 2 is 2.50 bits per heavy atom. The molecule has 70 valence electrons. The number of hydrogen-bond acceptors (Lipinski definition) is 4. The minimum atomic E-state index is -0.770. The molecule has 0 bridgehead atoms. The summed E-state index contributed by atoms with van der Waals surface area (Å²) >= 11 is 0. The number of amides is 1. The highest BCUT2D eigenvalue weighted by atomic mass is 16.6. The van der Waals surface area contributed by atoms with Gasteiger partial charge in [-0.25, -0.2) is 4.79 Å². The molecule has 1 aliphatic rings. The van der Waals surface area contributed by atoms with Gasteiger partial charge in [0, 0.05) is 0 Å². The molecular weight excluding hydrogens is 162 g/mol. The third-order valence-corrected chi connectivity index (χ3v) is 1.38. The second kappa shape index (κ2) is 4.27. The van der Waals surface area contributed by atoms with Gasteiger partial charge in [0.05, 0.1) is 19.8 Å². The molecule has 0 spiro atoms. The van der Waals surface area contributed by atoms with E-state index in [9.17, 15) is 4.79 Å². The van der Waals surface area contributed by atoms with Crippen molar-refractivity contribution in [2.24, 2.45) is 5.73 Å². The molecule has 1 saturated heterocycles. The van der Waals surface area contributed by atoms with Gasteiger partial charge in [-0.05, 0) is 6.92 Å². The van der Waals surface area contributed by atoms with Crippen molar-refractivity contribution in [1.29, 1.82) is 0 Å². The molecule has 1 rings (SSSR count). The largest absolute Gasteiger partial charge is 0.444 e. The van der Waals surface area contributed by atoms with Gasteiger partial charge in [-0.1, -0.05) is 0 Å². The van der Waals surface area contributed by atoms with E-state index in [1.165, 1.54) is 0 Å². The molecule has 0 saturated carbocycles. The molecule has 0 aromatic rings. The van der Waals surface area contributed by atoms with E-state index in [1.807, 2.05) is 0 Å². The van der Waals surface area contributed by atoms with Gasteiger partial charge in [0.15, 0.2) is 0 Å². The van der Waals surface area contributed by atoms with Crippen LogP contribution >= 0.6 is 0 Å². The van der Waals surface area contributed by atoms with Crippen LogP contribution in [0.4, 0.5) is 4.79 Å². The van der Waals surface area contributed by atoms with E-state index in [-0.39, 0.29) is 12.2 Å². The number of hydrogen-bond donors (Lipinski definition) is 1. The van der Waals surface area contributed by atoms with Crippen LogP contribution < -0.4 is 5.73 Å². The number of carbonyl (C=O) groups excluding carboxylic acids is 1. The standard InChI is InChI=1S/C7H13NO4/c1-5(12-7(8)9)2-10-3-6-4-11-6/h5-6H,2-4H2,1H3,(H2,8,9)/t5-,6?/m0/s1. The summed E-state index contributed by atoms with van der Waals surface area (Å²) in [6, 6.07) is 0. The molecule has 0 aromatic heterocycles. The van der Waals surface area contributed by atoms with E-state index in [4.69, 9.17) is 15.2 Å². The van der Waals surface area contributed by atoms with Gasteiger partial charge >= 0.3 is 6.09 Å². The molecule has 1 heterocycles. The maximum atomic E-state index is 10.2. The van der Waals surface area contributed by atoms with E-state index < -0.39 is 6.09 Å². The summed E-state index contributed by atoms with van der Waals surface area (Å²) < 4.78 is 14.7. The van der Waals surface area contributed by atoms with Crippen LogP contribution in [0.5, 0.6) is 0 Å². The molecule has 2 atom stereocenters. The molecule has 0 aliphatic carbocycles. The van der Waals surface area contributed by atoms with Crippen molar-refractivity contribution in [3.8, 4) is 0 Å². The van der Waals surface area contributed by atoms with Crippen molar-refractivity contribution in [1.82, 2.24) is 0 Å². The first-order valence-electron chi connectivity index (χ1n) is 3.84. The fraction of sp³-hybridized carbons (Fsp3) is 0.857. The highest BCUT2D eigenvalue weighted by Crippen LogP contribution is 2.08. The van der Waals surface area contributed by atoms with Crippen LogP contribution in [0.15, 0.2) is 0 Å². The van der Waals surface area contributed by atoms with Crippen LogP contribution in [-0.4, -0.2) is 38.1 Å². The first-order chi connectivity index (χ1) is 5.68. The van der Waals surface area contributed by atoms with Crippen LogP contribution in [-0.2, 0) is 14.2 Å². The fourth-order valence-electron chi connectivity index (χ4n) is 0.762. The topological polar surface area (TPSA) is 74.1 Å². The van der Waals surface area contributed by atoms with Crippen molar-refractivity contribution < 1.29 is 19.0 Å². The Labute approximate surface area is 70.8 Å². The quantitative estimate of drug-likeness (QED) is 0.591. The summed E-state index contributed by atoms with van der Waals surface area (Å²) in [6.45, 7) is 3.42. The maximum absolute atomic E-state index is 10.2. The molecule has 5 heteroatoms. The third-order valence-electron chi connectivity index (χ3n) is 1.38. The van der Waals surface area contributed by atoms with Crippen LogP contribution in [0.1, 0.15) is 6.92 Å². The average Bonchev–Trinajstić information content (AvgIpc) is 2.69. The second-order valence-electron chi connectivity index (χ2n) is 2.74. The Bertz CT molecular complexity index is 157. The van der Waals surface area contributed by atoms with Crippen LogP contribution in [0, 0.1) is 0 Å².